The van der Waals surface area contributed by atoms with Gasteiger partial charge in [0.05, 0.1) is 6.54 Å². The van der Waals surface area contributed by atoms with Gasteiger partial charge in [0.15, 0.2) is 6.10 Å². The van der Waals surface area contributed by atoms with Crippen molar-refractivity contribution >= 4 is 11.9 Å². The summed E-state index contributed by atoms with van der Waals surface area (Å²) < 4.78 is 10.7. The fraction of sp³-hybridized carbons (Fsp3) is 0.368. The number of carboxylic acids is 1. The molecule has 0 radical (unpaired) electrons. The highest BCUT2D eigenvalue weighted by Gasteiger charge is 2.17. The molecule has 25 heavy (non-hydrogen) atoms. The van der Waals surface area contributed by atoms with Crippen molar-refractivity contribution in [2.45, 2.75) is 45.8 Å². The summed E-state index contributed by atoms with van der Waals surface area (Å²) in [5.74, 6) is -0.636. The summed E-state index contributed by atoms with van der Waals surface area (Å²) in [6.07, 6.45) is -0.686. The monoisotopic (exact) mass is 345 g/mol. The maximum Gasteiger partial charge on any atom is 0.371 e. The van der Waals surface area contributed by atoms with Crippen molar-refractivity contribution in [2.75, 3.05) is 0 Å². The van der Waals surface area contributed by atoms with Crippen molar-refractivity contribution in [3.8, 4) is 5.75 Å². The third-order valence-corrected chi connectivity index (χ3v) is 3.71. The molecule has 0 fully saturated rings. The van der Waals surface area contributed by atoms with E-state index in [1.807, 2.05) is 24.3 Å². The first-order valence-electron chi connectivity index (χ1n) is 8.04. The molecule has 1 aromatic carbocycles. The lowest BCUT2D eigenvalue weighted by Gasteiger charge is -2.20. The van der Waals surface area contributed by atoms with E-state index < -0.39 is 12.1 Å². The third kappa shape index (κ3) is 5.11. The summed E-state index contributed by atoms with van der Waals surface area (Å²) in [7, 11) is 0. The lowest BCUT2D eigenvalue weighted by Crippen LogP contribution is -2.35. The maximum absolute atomic E-state index is 12.1. The van der Waals surface area contributed by atoms with Gasteiger partial charge in [-0.15, -0.1) is 0 Å². The number of ether oxygens (including phenoxy) is 1. The van der Waals surface area contributed by atoms with Crippen LogP contribution in [0.25, 0.3) is 0 Å². The second kappa shape index (κ2) is 7.42. The Labute approximate surface area is 146 Å². The summed E-state index contributed by atoms with van der Waals surface area (Å²) in [4.78, 5) is 22.8. The molecule has 6 heteroatoms. The molecule has 0 aliphatic rings. The van der Waals surface area contributed by atoms with Crippen LogP contribution in [0.2, 0.25) is 0 Å². The average Bonchev–Trinajstić information content (AvgIpc) is 3.01. The van der Waals surface area contributed by atoms with Crippen LogP contribution in [-0.4, -0.2) is 23.1 Å². The molecule has 2 rings (SSSR count). The zero-order valence-electron chi connectivity index (χ0n) is 14.8. The number of hydrogen-bond acceptors (Lipinski definition) is 4. The van der Waals surface area contributed by atoms with Crippen molar-refractivity contribution in [2.24, 2.45) is 0 Å². The van der Waals surface area contributed by atoms with Gasteiger partial charge in [-0.2, -0.15) is 0 Å². The smallest absolute Gasteiger partial charge is 0.371 e. The summed E-state index contributed by atoms with van der Waals surface area (Å²) in [6, 6.07) is 10.5. The van der Waals surface area contributed by atoms with Crippen LogP contribution in [0.3, 0.4) is 0 Å². The van der Waals surface area contributed by atoms with Crippen LogP contribution in [-0.2, 0) is 16.8 Å². The number of carbonyl (C=O) groups is 2. The second-order valence-corrected chi connectivity index (χ2v) is 6.82. The molecule has 0 saturated carbocycles. The van der Waals surface area contributed by atoms with Gasteiger partial charge in [-0.1, -0.05) is 32.9 Å². The number of hydrogen-bond donors (Lipinski definition) is 2. The Bertz CT molecular complexity index is 740. The topological polar surface area (TPSA) is 88.8 Å². The molecule has 1 aromatic heterocycles. The van der Waals surface area contributed by atoms with Gasteiger partial charge >= 0.3 is 5.97 Å². The molecule has 1 amide bonds. The number of rotatable bonds is 6. The first kappa shape index (κ1) is 18.6. The van der Waals surface area contributed by atoms with Crippen LogP contribution < -0.4 is 10.1 Å². The van der Waals surface area contributed by atoms with E-state index in [2.05, 4.69) is 26.1 Å². The van der Waals surface area contributed by atoms with Crippen LogP contribution in [0.15, 0.2) is 40.8 Å². The first-order chi connectivity index (χ1) is 11.7. The fourth-order valence-electron chi connectivity index (χ4n) is 2.20. The normalized spacial score (nSPS) is 12.5. The quantitative estimate of drug-likeness (QED) is 0.838. The highest BCUT2D eigenvalue weighted by Crippen LogP contribution is 2.24. The Morgan fingerprint density at radius 1 is 1.16 bits per heavy atom. The van der Waals surface area contributed by atoms with Crippen molar-refractivity contribution in [3.05, 3.63) is 53.5 Å². The molecule has 0 bridgehead atoms. The number of aromatic carboxylic acids is 1. The number of furan rings is 1. The number of nitrogens with one attached hydrogen (secondary N) is 1. The highest BCUT2D eigenvalue weighted by molar-refractivity contribution is 5.84. The van der Waals surface area contributed by atoms with Crippen LogP contribution in [0.4, 0.5) is 0 Å². The largest absolute Gasteiger partial charge is 0.481 e. The fourth-order valence-corrected chi connectivity index (χ4v) is 2.20. The zero-order chi connectivity index (χ0) is 18.6. The van der Waals surface area contributed by atoms with E-state index in [1.54, 1.807) is 6.92 Å². The van der Waals surface area contributed by atoms with Crippen LogP contribution >= 0.6 is 0 Å². The van der Waals surface area contributed by atoms with Crippen molar-refractivity contribution in [1.29, 1.82) is 0 Å². The van der Waals surface area contributed by atoms with E-state index in [0.717, 1.165) is 0 Å². The van der Waals surface area contributed by atoms with Gasteiger partial charge in [0, 0.05) is 0 Å². The molecular weight excluding hydrogens is 322 g/mol. The van der Waals surface area contributed by atoms with Crippen LogP contribution in [0, 0.1) is 0 Å². The van der Waals surface area contributed by atoms with Gasteiger partial charge in [-0.3, -0.25) is 4.79 Å². The highest BCUT2D eigenvalue weighted by atomic mass is 16.5. The molecule has 2 N–H and O–H groups in total. The molecule has 1 atom stereocenters. The van der Waals surface area contributed by atoms with Gasteiger partial charge < -0.3 is 19.6 Å². The zero-order valence-corrected chi connectivity index (χ0v) is 14.8. The predicted molar refractivity (Wildman–Crippen MR) is 92.7 cm³/mol. The lowest BCUT2D eigenvalue weighted by atomic mass is 9.87. The van der Waals surface area contributed by atoms with Gasteiger partial charge in [0.25, 0.3) is 5.91 Å². The van der Waals surface area contributed by atoms with E-state index in [0.29, 0.717) is 11.5 Å². The summed E-state index contributed by atoms with van der Waals surface area (Å²) in [5.41, 5.74) is 1.24. The van der Waals surface area contributed by atoms with Crippen LogP contribution in [0.1, 0.15) is 49.6 Å². The molecule has 134 valence electrons. The van der Waals surface area contributed by atoms with E-state index in [-0.39, 0.29) is 23.6 Å². The molecule has 1 unspecified atom stereocenters. The Morgan fingerprint density at radius 2 is 1.80 bits per heavy atom. The number of carbonyl (C=O) groups excluding carboxylic acids is 1. The minimum atomic E-state index is -1.15. The average molecular weight is 345 g/mol. The first-order valence-corrected chi connectivity index (χ1v) is 8.04. The van der Waals surface area contributed by atoms with Gasteiger partial charge in [0.2, 0.25) is 5.76 Å². The molecule has 6 nitrogen and oxygen atoms in total. The number of carboxylic acid groups (broad SMARTS) is 1. The Kier molecular flexibility index (Phi) is 5.51. The molecule has 2 aromatic rings. The molecule has 0 spiro atoms. The van der Waals surface area contributed by atoms with Crippen LogP contribution in [0.5, 0.6) is 5.75 Å². The Hall–Kier alpha value is -2.76. The lowest BCUT2D eigenvalue weighted by molar-refractivity contribution is -0.127. The maximum atomic E-state index is 12.1. The van der Waals surface area contributed by atoms with E-state index >= 15 is 0 Å². The Morgan fingerprint density at radius 3 is 2.32 bits per heavy atom. The van der Waals surface area contributed by atoms with Gasteiger partial charge in [-0.25, -0.2) is 4.79 Å². The minimum absolute atomic E-state index is 0.0549. The SMILES string of the molecule is CC(Oc1ccc(C(C)(C)C)cc1)C(=O)NCc1ccc(C(=O)O)o1. The van der Waals surface area contributed by atoms with Gasteiger partial charge in [0.1, 0.15) is 11.5 Å². The summed E-state index contributed by atoms with van der Waals surface area (Å²) in [5, 5.41) is 11.5. The standard InChI is InChI=1S/C19H23NO5/c1-12(24-14-7-5-13(6-8-14)19(2,3)4)17(21)20-11-15-9-10-16(25-15)18(22)23/h5-10,12H,11H2,1-4H3,(H,20,21)(H,22,23). The molecule has 0 aliphatic heterocycles. The van der Waals surface area contributed by atoms with E-state index in [1.165, 1.54) is 17.7 Å². The summed E-state index contributed by atoms with van der Waals surface area (Å²) >= 11 is 0. The number of benzene rings is 1. The van der Waals surface area contributed by atoms with E-state index in [9.17, 15) is 9.59 Å². The van der Waals surface area contributed by atoms with Crippen molar-refractivity contribution in [3.63, 3.8) is 0 Å². The minimum Gasteiger partial charge on any atom is -0.481 e. The van der Waals surface area contributed by atoms with Crippen molar-refractivity contribution in [1.82, 2.24) is 5.32 Å². The molecule has 1 heterocycles. The van der Waals surface area contributed by atoms with Crippen molar-refractivity contribution < 1.29 is 23.8 Å². The van der Waals surface area contributed by atoms with E-state index in [4.69, 9.17) is 14.3 Å². The van der Waals surface area contributed by atoms with Gasteiger partial charge in [-0.05, 0) is 42.2 Å². The molecule has 0 saturated heterocycles. The number of amides is 1. The second-order valence-electron chi connectivity index (χ2n) is 6.82. The summed E-state index contributed by atoms with van der Waals surface area (Å²) in [6.45, 7) is 8.14. The third-order valence-electron chi connectivity index (χ3n) is 3.71. The Balaban J connectivity index is 1.88. The predicted octanol–water partition coefficient (Wildman–Crippen LogP) is 3.36. The molecular formula is C19H23NO5. The molecule has 0 aliphatic carbocycles.